The molecule has 1 aromatic heterocycles. The van der Waals surface area contributed by atoms with Crippen molar-refractivity contribution < 1.29 is 14.0 Å². The SMILES string of the molecule is O=C(Cn1c(=O)oc2ccccc21)Nc1ccc2c(c1)CN(C(=O)c1ccccc1)CC2. The summed E-state index contributed by atoms with van der Waals surface area (Å²) in [6, 6.07) is 21.9. The van der Waals surface area contributed by atoms with E-state index in [2.05, 4.69) is 5.32 Å². The molecular weight excluding hydrogens is 406 g/mol. The van der Waals surface area contributed by atoms with E-state index in [0.29, 0.717) is 35.4 Å². The third-order valence-electron chi connectivity index (χ3n) is 5.69. The Balaban J connectivity index is 1.31. The van der Waals surface area contributed by atoms with Gasteiger partial charge in [0.1, 0.15) is 6.54 Å². The minimum Gasteiger partial charge on any atom is -0.408 e. The van der Waals surface area contributed by atoms with Gasteiger partial charge in [-0.2, -0.15) is 0 Å². The van der Waals surface area contributed by atoms with Crippen molar-refractivity contribution in [3.8, 4) is 0 Å². The average Bonchev–Trinajstić information content (AvgIpc) is 3.13. The fourth-order valence-electron chi connectivity index (χ4n) is 4.08. The lowest BCUT2D eigenvalue weighted by Crippen LogP contribution is -2.36. The molecule has 7 heteroatoms. The van der Waals surface area contributed by atoms with E-state index < -0.39 is 5.76 Å². The number of nitrogens with zero attached hydrogens (tertiary/aromatic N) is 2. The van der Waals surface area contributed by atoms with Gasteiger partial charge in [-0.1, -0.05) is 36.4 Å². The van der Waals surface area contributed by atoms with E-state index in [1.807, 2.05) is 53.4 Å². The van der Waals surface area contributed by atoms with Gasteiger partial charge in [0.2, 0.25) is 5.91 Å². The number of fused-ring (bicyclic) bond motifs is 2. The molecule has 1 aliphatic heterocycles. The Hall–Kier alpha value is -4.13. The highest BCUT2D eigenvalue weighted by atomic mass is 16.4. The van der Waals surface area contributed by atoms with Crippen LogP contribution in [0.2, 0.25) is 0 Å². The first-order valence-corrected chi connectivity index (χ1v) is 10.4. The van der Waals surface area contributed by atoms with E-state index in [4.69, 9.17) is 4.42 Å². The van der Waals surface area contributed by atoms with E-state index in [1.165, 1.54) is 4.57 Å². The van der Waals surface area contributed by atoms with Gasteiger partial charge in [0, 0.05) is 24.3 Å². The van der Waals surface area contributed by atoms with Crippen LogP contribution in [0.3, 0.4) is 0 Å². The number of anilines is 1. The number of carbonyl (C=O) groups excluding carboxylic acids is 2. The Morgan fingerprint density at radius 1 is 0.938 bits per heavy atom. The first-order valence-electron chi connectivity index (χ1n) is 10.4. The molecule has 0 bridgehead atoms. The molecule has 7 nitrogen and oxygen atoms in total. The van der Waals surface area contributed by atoms with Crippen molar-refractivity contribution in [2.45, 2.75) is 19.5 Å². The molecule has 1 N–H and O–H groups in total. The minimum atomic E-state index is -0.568. The lowest BCUT2D eigenvalue weighted by atomic mass is 9.98. The monoisotopic (exact) mass is 427 g/mol. The van der Waals surface area contributed by atoms with Crippen molar-refractivity contribution in [2.24, 2.45) is 0 Å². The zero-order valence-corrected chi connectivity index (χ0v) is 17.3. The molecule has 1 aliphatic rings. The van der Waals surface area contributed by atoms with Crippen molar-refractivity contribution in [3.05, 3.63) is 100 Å². The molecule has 0 saturated heterocycles. The zero-order chi connectivity index (χ0) is 22.1. The van der Waals surface area contributed by atoms with Gasteiger partial charge in [-0.3, -0.25) is 14.2 Å². The van der Waals surface area contributed by atoms with Gasteiger partial charge in [0.05, 0.1) is 5.52 Å². The van der Waals surface area contributed by atoms with Gasteiger partial charge in [0.25, 0.3) is 5.91 Å². The second kappa shape index (κ2) is 8.19. The number of amides is 2. The maximum atomic E-state index is 12.8. The highest BCUT2D eigenvalue weighted by molar-refractivity contribution is 5.94. The summed E-state index contributed by atoms with van der Waals surface area (Å²) in [4.78, 5) is 39.4. The normalized spacial score (nSPS) is 13.1. The molecule has 160 valence electrons. The average molecular weight is 427 g/mol. The predicted molar refractivity (Wildman–Crippen MR) is 120 cm³/mol. The Labute approximate surface area is 183 Å². The Kier molecular flexibility index (Phi) is 5.07. The molecule has 0 fully saturated rings. The van der Waals surface area contributed by atoms with Gasteiger partial charge in [-0.15, -0.1) is 0 Å². The van der Waals surface area contributed by atoms with Gasteiger partial charge < -0.3 is 14.6 Å². The molecular formula is C25H21N3O4. The molecule has 0 atom stereocenters. The summed E-state index contributed by atoms with van der Waals surface area (Å²) in [6.45, 7) is 0.993. The third-order valence-corrected chi connectivity index (χ3v) is 5.69. The number of aromatic nitrogens is 1. The Morgan fingerprint density at radius 3 is 2.56 bits per heavy atom. The number of hydrogen-bond donors (Lipinski definition) is 1. The number of para-hydroxylation sites is 2. The van der Waals surface area contributed by atoms with E-state index in [9.17, 15) is 14.4 Å². The molecule has 0 unspecified atom stereocenters. The molecule has 32 heavy (non-hydrogen) atoms. The van der Waals surface area contributed by atoms with Crippen molar-refractivity contribution in [1.29, 1.82) is 0 Å². The maximum Gasteiger partial charge on any atom is 0.420 e. The summed E-state index contributed by atoms with van der Waals surface area (Å²) in [5.41, 5.74) is 4.48. The summed E-state index contributed by atoms with van der Waals surface area (Å²) in [6.07, 6.45) is 0.762. The topological polar surface area (TPSA) is 84.5 Å². The lowest BCUT2D eigenvalue weighted by Gasteiger charge is -2.29. The molecule has 4 aromatic rings. The van der Waals surface area contributed by atoms with E-state index in [-0.39, 0.29) is 18.4 Å². The van der Waals surface area contributed by atoms with Crippen LogP contribution in [0.15, 0.2) is 82.0 Å². The fourth-order valence-corrected chi connectivity index (χ4v) is 4.08. The summed E-state index contributed by atoms with van der Waals surface area (Å²) < 4.78 is 6.49. The van der Waals surface area contributed by atoms with Gasteiger partial charge >= 0.3 is 5.76 Å². The van der Waals surface area contributed by atoms with E-state index >= 15 is 0 Å². The van der Waals surface area contributed by atoms with Gasteiger partial charge in [-0.25, -0.2) is 4.79 Å². The van der Waals surface area contributed by atoms with Crippen LogP contribution in [0.1, 0.15) is 21.5 Å². The standard InChI is InChI=1S/C25H21N3O4/c29-23(16-28-21-8-4-5-9-22(21)32-25(28)31)26-20-11-10-17-12-13-27(15-19(17)14-20)24(30)18-6-2-1-3-7-18/h1-11,14H,12-13,15-16H2,(H,26,29). The summed E-state index contributed by atoms with van der Waals surface area (Å²) in [7, 11) is 0. The van der Waals surface area contributed by atoms with Crippen LogP contribution in [-0.4, -0.2) is 27.8 Å². The van der Waals surface area contributed by atoms with Crippen molar-refractivity contribution >= 4 is 28.6 Å². The quantitative estimate of drug-likeness (QED) is 0.541. The predicted octanol–water partition coefficient (Wildman–Crippen LogP) is 3.43. The van der Waals surface area contributed by atoms with Crippen LogP contribution in [0.4, 0.5) is 5.69 Å². The number of benzene rings is 3. The van der Waals surface area contributed by atoms with Crippen LogP contribution in [-0.2, 0) is 24.3 Å². The van der Waals surface area contributed by atoms with Crippen LogP contribution < -0.4 is 11.1 Å². The minimum absolute atomic E-state index is 0.00287. The molecule has 2 amide bonds. The van der Waals surface area contributed by atoms with Crippen LogP contribution in [0.25, 0.3) is 11.1 Å². The summed E-state index contributed by atoms with van der Waals surface area (Å²) in [5.74, 6) is -0.898. The van der Waals surface area contributed by atoms with Crippen LogP contribution in [0.5, 0.6) is 0 Å². The van der Waals surface area contributed by atoms with E-state index in [0.717, 1.165) is 17.5 Å². The molecule has 5 rings (SSSR count). The maximum absolute atomic E-state index is 12.8. The molecule has 0 saturated carbocycles. The Morgan fingerprint density at radius 2 is 1.72 bits per heavy atom. The number of hydrogen-bond acceptors (Lipinski definition) is 4. The highest BCUT2D eigenvalue weighted by Gasteiger charge is 2.22. The molecule has 0 spiro atoms. The number of carbonyl (C=O) groups is 2. The smallest absolute Gasteiger partial charge is 0.408 e. The van der Waals surface area contributed by atoms with Crippen molar-refractivity contribution in [2.75, 3.05) is 11.9 Å². The second-order valence-electron chi connectivity index (χ2n) is 7.80. The zero-order valence-electron chi connectivity index (χ0n) is 17.3. The van der Waals surface area contributed by atoms with Crippen molar-refractivity contribution in [3.63, 3.8) is 0 Å². The summed E-state index contributed by atoms with van der Waals surface area (Å²) in [5, 5.41) is 2.85. The molecule has 0 aliphatic carbocycles. The molecule has 2 heterocycles. The summed E-state index contributed by atoms with van der Waals surface area (Å²) >= 11 is 0. The van der Waals surface area contributed by atoms with Gasteiger partial charge in [0.15, 0.2) is 5.58 Å². The highest BCUT2D eigenvalue weighted by Crippen LogP contribution is 2.24. The lowest BCUT2D eigenvalue weighted by molar-refractivity contribution is -0.116. The number of oxazole rings is 1. The largest absolute Gasteiger partial charge is 0.420 e. The number of nitrogens with one attached hydrogen (secondary N) is 1. The Bertz CT molecular complexity index is 1370. The van der Waals surface area contributed by atoms with Crippen LogP contribution in [0, 0.1) is 0 Å². The third kappa shape index (κ3) is 3.80. The fraction of sp³-hybridized carbons (Fsp3) is 0.160. The second-order valence-corrected chi connectivity index (χ2v) is 7.80. The first kappa shape index (κ1) is 19.8. The number of rotatable bonds is 4. The molecule has 3 aromatic carbocycles. The van der Waals surface area contributed by atoms with E-state index in [1.54, 1.807) is 24.3 Å². The van der Waals surface area contributed by atoms with Crippen molar-refractivity contribution in [1.82, 2.24) is 9.47 Å². The van der Waals surface area contributed by atoms with Gasteiger partial charge in [-0.05, 0) is 53.9 Å². The molecule has 0 radical (unpaired) electrons. The van der Waals surface area contributed by atoms with Crippen LogP contribution >= 0.6 is 0 Å². The first-order chi connectivity index (χ1) is 15.6.